The normalized spacial score (nSPS) is 10.6. The fourth-order valence-electron chi connectivity index (χ4n) is 2.55. The van der Waals surface area contributed by atoms with Crippen molar-refractivity contribution in [3.05, 3.63) is 72.1 Å². The number of nitrogens with one attached hydrogen (secondary N) is 1. The van der Waals surface area contributed by atoms with Crippen LogP contribution in [0.2, 0.25) is 0 Å². The highest BCUT2D eigenvalue weighted by Crippen LogP contribution is 2.21. The van der Waals surface area contributed by atoms with Gasteiger partial charge < -0.3 is 10.1 Å². The molecule has 0 saturated heterocycles. The SMILES string of the molecule is COCc1ccccc1NC(=O)c1cccc(-n2ccnc2SC)c1. The van der Waals surface area contributed by atoms with Crippen LogP contribution in [0, 0.1) is 0 Å². The highest BCUT2D eigenvalue weighted by molar-refractivity contribution is 7.98. The lowest BCUT2D eigenvalue weighted by Gasteiger charge is -2.12. The number of aromatic nitrogens is 2. The van der Waals surface area contributed by atoms with Crippen LogP contribution in [0.4, 0.5) is 5.69 Å². The van der Waals surface area contributed by atoms with Crippen LogP contribution in [0.25, 0.3) is 5.69 Å². The second-order valence-corrected chi connectivity index (χ2v) is 6.15. The van der Waals surface area contributed by atoms with Gasteiger partial charge in [0.25, 0.3) is 5.91 Å². The molecule has 3 aromatic rings. The molecule has 3 rings (SSSR count). The number of anilines is 1. The minimum absolute atomic E-state index is 0.156. The Balaban J connectivity index is 1.85. The summed E-state index contributed by atoms with van der Waals surface area (Å²) in [6, 6.07) is 15.1. The molecule has 5 nitrogen and oxygen atoms in total. The number of hydrogen-bond donors (Lipinski definition) is 1. The van der Waals surface area contributed by atoms with Crippen LogP contribution in [0.5, 0.6) is 0 Å². The van der Waals surface area contributed by atoms with Crippen molar-refractivity contribution >= 4 is 23.4 Å². The Morgan fingerprint density at radius 2 is 2.08 bits per heavy atom. The van der Waals surface area contributed by atoms with Crippen molar-refractivity contribution in [2.75, 3.05) is 18.7 Å². The van der Waals surface area contributed by atoms with Crippen LogP contribution in [-0.4, -0.2) is 28.8 Å². The Morgan fingerprint density at radius 3 is 2.88 bits per heavy atom. The molecule has 0 saturated carbocycles. The zero-order valence-electron chi connectivity index (χ0n) is 14.1. The number of thioether (sulfide) groups is 1. The molecule has 0 spiro atoms. The van der Waals surface area contributed by atoms with Crippen LogP contribution < -0.4 is 5.32 Å². The lowest BCUT2D eigenvalue weighted by atomic mass is 10.1. The average Bonchev–Trinajstić information content (AvgIpc) is 3.12. The summed E-state index contributed by atoms with van der Waals surface area (Å²) >= 11 is 1.56. The number of imidazole rings is 1. The molecule has 128 valence electrons. The Bertz CT molecular complexity index is 876. The van der Waals surface area contributed by atoms with Gasteiger partial charge in [-0.15, -0.1) is 0 Å². The van der Waals surface area contributed by atoms with E-state index in [4.69, 9.17) is 4.74 Å². The van der Waals surface area contributed by atoms with Gasteiger partial charge in [0, 0.05) is 42.0 Å². The first-order valence-corrected chi connectivity index (χ1v) is 9.01. The largest absolute Gasteiger partial charge is 0.380 e. The molecule has 1 aromatic heterocycles. The highest BCUT2D eigenvalue weighted by Gasteiger charge is 2.11. The number of para-hydroxylation sites is 1. The van der Waals surface area contributed by atoms with Gasteiger partial charge in [0.2, 0.25) is 0 Å². The van der Waals surface area contributed by atoms with Gasteiger partial charge in [-0.05, 0) is 30.5 Å². The van der Waals surface area contributed by atoms with Crippen molar-refractivity contribution in [1.29, 1.82) is 0 Å². The molecule has 2 aromatic carbocycles. The lowest BCUT2D eigenvalue weighted by Crippen LogP contribution is -2.14. The van der Waals surface area contributed by atoms with Crippen LogP contribution in [0.3, 0.4) is 0 Å². The summed E-state index contributed by atoms with van der Waals surface area (Å²) in [7, 11) is 1.64. The summed E-state index contributed by atoms with van der Waals surface area (Å²) in [6.07, 6.45) is 5.61. The third-order valence-corrected chi connectivity index (χ3v) is 4.41. The second kappa shape index (κ2) is 8.00. The third-order valence-electron chi connectivity index (χ3n) is 3.74. The lowest BCUT2D eigenvalue weighted by molar-refractivity contribution is 0.102. The van der Waals surface area contributed by atoms with Crippen LogP contribution in [-0.2, 0) is 11.3 Å². The molecule has 0 bridgehead atoms. The summed E-state index contributed by atoms with van der Waals surface area (Å²) in [5, 5.41) is 3.84. The Hall–Kier alpha value is -2.57. The molecule has 25 heavy (non-hydrogen) atoms. The molecule has 0 aliphatic carbocycles. The summed E-state index contributed by atoms with van der Waals surface area (Å²) in [5.74, 6) is -0.156. The third kappa shape index (κ3) is 3.92. The van der Waals surface area contributed by atoms with Gasteiger partial charge in [0.15, 0.2) is 5.16 Å². The maximum absolute atomic E-state index is 12.7. The van der Waals surface area contributed by atoms with Gasteiger partial charge in [0.05, 0.1) is 6.61 Å². The van der Waals surface area contributed by atoms with Crippen molar-refractivity contribution in [1.82, 2.24) is 9.55 Å². The van der Waals surface area contributed by atoms with Crippen molar-refractivity contribution < 1.29 is 9.53 Å². The van der Waals surface area contributed by atoms with Crippen molar-refractivity contribution in [3.8, 4) is 5.69 Å². The van der Waals surface area contributed by atoms with E-state index < -0.39 is 0 Å². The Morgan fingerprint density at radius 1 is 1.24 bits per heavy atom. The second-order valence-electron chi connectivity index (χ2n) is 5.38. The molecule has 1 N–H and O–H groups in total. The maximum Gasteiger partial charge on any atom is 0.255 e. The standard InChI is InChI=1S/C19H19N3O2S/c1-24-13-15-6-3-4-9-17(15)21-18(23)14-7-5-8-16(12-14)22-11-10-20-19(22)25-2/h3-12H,13H2,1-2H3,(H,21,23). The van der Waals surface area contributed by atoms with Crippen LogP contribution in [0.15, 0.2) is 66.1 Å². The summed E-state index contributed by atoms with van der Waals surface area (Å²) in [5.41, 5.74) is 3.19. The van der Waals surface area contributed by atoms with Gasteiger partial charge in [-0.25, -0.2) is 4.98 Å². The first kappa shape index (κ1) is 17.3. The average molecular weight is 353 g/mol. The van der Waals surface area contributed by atoms with Crippen LogP contribution in [0.1, 0.15) is 15.9 Å². The predicted octanol–water partition coefficient (Wildman–Crippen LogP) is 3.99. The number of rotatable bonds is 6. The minimum Gasteiger partial charge on any atom is -0.380 e. The van der Waals surface area contributed by atoms with Gasteiger partial charge in [-0.2, -0.15) is 0 Å². The smallest absolute Gasteiger partial charge is 0.255 e. The monoisotopic (exact) mass is 353 g/mol. The number of benzene rings is 2. The van der Waals surface area contributed by atoms with E-state index in [2.05, 4.69) is 10.3 Å². The number of amides is 1. The van der Waals surface area contributed by atoms with E-state index >= 15 is 0 Å². The fourth-order valence-corrected chi connectivity index (χ4v) is 3.08. The van der Waals surface area contributed by atoms with Crippen molar-refractivity contribution in [3.63, 3.8) is 0 Å². The molecule has 0 fully saturated rings. The van der Waals surface area contributed by atoms with Crippen molar-refractivity contribution in [2.24, 2.45) is 0 Å². The van der Waals surface area contributed by atoms with Gasteiger partial charge in [-0.1, -0.05) is 36.0 Å². The molecular formula is C19H19N3O2S. The number of methoxy groups -OCH3 is 1. The molecule has 0 aliphatic heterocycles. The molecule has 0 radical (unpaired) electrons. The number of carbonyl (C=O) groups is 1. The minimum atomic E-state index is -0.156. The molecule has 6 heteroatoms. The summed E-state index contributed by atoms with van der Waals surface area (Å²) in [4.78, 5) is 17.0. The van der Waals surface area contributed by atoms with Crippen LogP contribution >= 0.6 is 11.8 Å². The zero-order chi connectivity index (χ0) is 17.6. The Labute approximate surface area is 151 Å². The number of ether oxygens (including phenoxy) is 1. The number of nitrogens with zero attached hydrogens (tertiary/aromatic N) is 2. The number of hydrogen-bond acceptors (Lipinski definition) is 4. The van der Waals surface area contributed by atoms with E-state index in [0.717, 1.165) is 22.1 Å². The molecule has 0 aliphatic rings. The molecule has 0 atom stereocenters. The van der Waals surface area contributed by atoms with Gasteiger partial charge >= 0.3 is 0 Å². The van der Waals surface area contributed by atoms with E-state index in [-0.39, 0.29) is 5.91 Å². The van der Waals surface area contributed by atoms with E-state index in [1.807, 2.05) is 59.5 Å². The Kier molecular flexibility index (Phi) is 5.53. The summed E-state index contributed by atoms with van der Waals surface area (Å²) in [6.45, 7) is 0.447. The van der Waals surface area contributed by atoms with Gasteiger partial charge in [0.1, 0.15) is 0 Å². The van der Waals surface area contributed by atoms with E-state index in [1.165, 1.54) is 0 Å². The first-order valence-electron chi connectivity index (χ1n) is 7.79. The van der Waals surface area contributed by atoms with E-state index in [9.17, 15) is 4.79 Å². The van der Waals surface area contributed by atoms with Gasteiger partial charge in [-0.3, -0.25) is 9.36 Å². The highest BCUT2D eigenvalue weighted by atomic mass is 32.2. The topological polar surface area (TPSA) is 56.1 Å². The molecule has 0 unspecified atom stereocenters. The van der Waals surface area contributed by atoms with E-state index in [0.29, 0.717) is 12.2 Å². The first-order chi connectivity index (χ1) is 12.2. The van der Waals surface area contributed by atoms with Crippen molar-refractivity contribution in [2.45, 2.75) is 11.8 Å². The molecular weight excluding hydrogens is 334 g/mol. The number of carbonyl (C=O) groups excluding carboxylic acids is 1. The predicted molar refractivity (Wildman–Crippen MR) is 100 cm³/mol. The maximum atomic E-state index is 12.7. The molecule has 1 heterocycles. The quantitative estimate of drug-likeness (QED) is 0.681. The summed E-state index contributed by atoms with van der Waals surface area (Å²) < 4.78 is 7.14. The molecule has 1 amide bonds. The zero-order valence-corrected chi connectivity index (χ0v) is 14.9. The van der Waals surface area contributed by atoms with E-state index in [1.54, 1.807) is 31.1 Å². The fraction of sp³-hybridized carbons (Fsp3) is 0.158.